The molecule has 0 bridgehead atoms. The average molecular weight is 340 g/mol. The summed E-state index contributed by atoms with van der Waals surface area (Å²) in [4.78, 5) is 23.8. The Bertz CT molecular complexity index is 701. The summed E-state index contributed by atoms with van der Waals surface area (Å²) in [7, 11) is 1.54. The van der Waals surface area contributed by atoms with E-state index in [1.54, 1.807) is 31.3 Å². The van der Waals surface area contributed by atoms with Crippen molar-refractivity contribution in [3.63, 3.8) is 0 Å². The predicted molar refractivity (Wildman–Crippen MR) is 97.7 cm³/mol. The minimum absolute atomic E-state index is 0.0275. The van der Waals surface area contributed by atoms with Crippen LogP contribution in [0.5, 0.6) is 5.75 Å². The van der Waals surface area contributed by atoms with Gasteiger partial charge < -0.3 is 15.4 Å². The summed E-state index contributed by atoms with van der Waals surface area (Å²) in [5.41, 5.74) is 1.68. The topological polar surface area (TPSA) is 67.4 Å². The number of amides is 2. The first-order valence-corrected chi connectivity index (χ1v) is 8.37. The van der Waals surface area contributed by atoms with Gasteiger partial charge in [-0.2, -0.15) is 0 Å². The van der Waals surface area contributed by atoms with Crippen molar-refractivity contribution >= 4 is 11.8 Å². The van der Waals surface area contributed by atoms with Gasteiger partial charge in [-0.1, -0.05) is 42.5 Å². The molecule has 0 aliphatic heterocycles. The van der Waals surface area contributed by atoms with Crippen LogP contribution in [-0.2, 0) is 11.2 Å². The van der Waals surface area contributed by atoms with Gasteiger partial charge in [0.25, 0.3) is 11.8 Å². The van der Waals surface area contributed by atoms with Crippen LogP contribution in [0.1, 0.15) is 29.3 Å². The molecular weight excluding hydrogens is 316 g/mol. The van der Waals surface area contributed by atoms with Gasteiger partial charge in [-0.15, -0.1) is 0 Å². The van der Waals surface area contributed by atoms with E-state index in [1.165, 1.54) is 5.56 Å². The van der Waals surface area contributed by atoms with Crippen molar-refractivity contribution in [2.45, 2.75) is 25.8 Å². The lowest BCUT2D eigenvalue weighted by molar-refractivity contribution is -0.122. The molecule has 2 rings (SSSR count). The smallest absolute Gasteiger partial charge is 0.257 e. The second kappa shape index (κ2) is 9.47. The molecule has 1 atom stereocenters. The van der Waals surface area contributed by atoms with Crippen molar-refractivity contribution in [3.05, 3.63) is 65.7 Å². The molecule has 2 amide bonds. The Morgan fingerprint density at radius 1 is 1.04 bits per heavy atom. The summed E-state index contributed by atoms with van der Waals surface area (Å²) in [6.07, 6.45) is 1.74. The highest BCUT2D eigenvalue weighted by Crippen LogP contribution is 2.18. The van der Waals surface area contributed by atoms with E-state index in [0.29, 0.717) is 11.3 Å². The minimum atomic E-state index is -0.244. The lowest BCUT2D eigenvalue weighted by atomic mass is 10.1. The van der Waals surface area contributed by atoms with Crippen molar-refractivity contribution < 1.29 is 14.3 Å². The average Bonchev–Trinajstić information content (AvgIpc) is 2.65. The van der Waals surface area contributed by atoms with Gasteiger partial charge in [0.15, 0.2) is 6.61 Å². The first kappa shape index (κ1) is 18.5. The summed E-state index contributed by atoms with van der Waals surface area (Å²) in [6.45, 7) is 1.86. The molecule has 132 valence electrons. The number of hydrogen-bond acceptors (Lipinski definition) is 3. The molecule has 0 aromatic heterocycles. The fourth-order valence-corrected chi connectivity index (χ4v) is 2.40. The number of aryl methyl sites for hydroxylation is 1. The van der Waals surface area contributed by atoms with Crippen LogP contribution < -0.4 is 15.4 Å². The second-order valence-electron chi connectivity index (χ2n) is 5.86. The van der Waals surface area contributed by atoms with Crippen LogP contribution in [0, 0.1) is 0 Å². The lowest BCUT2D eigenvalue weighted by Crippen LogP contribution is -2.33. The molecule has 0 aliphatic rings. The van der Waals surface area contributed by atoms with Gasteiger partial charge in [0.05, 0.1) is 5.56 Å². The van der Waals surface area contributed by atoms with E-state index >= 15 is 0 Å². The third kappa shape index (κ3) is 5.95. The molecule has 0 unspecified atom stereocenters. The Balaban J connectivity index is 1.92. The fraction of sp³-hybridized carbons (Fsp3) is 0.300. The van der Waals surface area contributed by atoms with Gasteiger partial charge in [-0.25, -0.2) is 0 Å². The van der Waals surface area contributed by atoms with Crippen molar-refractivity contribution in [1.29, 1.82) is 0 Å². The van der Waals surface area contributed by atoms with E-state index in [9.17, 15) is 9.59 Å². The molecule has 2 aromatic carbocycles. The van der Waals surface area contributed by atoms with E-state index in [0.717, 1.165) is 12.8 Å². The number of para-hydroxylation sites is 1. The molecule has 5 nitrogen and oxygen atoms in total. The SMILES string of the molecule is CNC(=O)COc1ccccc1C(=O)N[C@H](C)CCc1ccccc1. The molecule has 0 aliphatic carbocycles. The summed E-state index contributed by atoms with van der Waals surface area (Å²) < 4.78 is 5.45. The number of benzene rings is 2. The predicted octanol–water partition coefficient (Wildman–Crippen LogP) is 2.56. The summed E-state index contributed by atoms with van der Waals surface area (Å²) in [6, 6.07) is 17.1. The molecule has 2 aromatic rings. The third-order valence-corrected chi connectivity index (χ3v) is 3.86. The number of ether oxygens (including phenoxy) is 1. The van der Waals surface area contributed by atoms with Gasteiger partial charge >= 0.3 is 0 Å². The Kier molecular flexibility index (Phi) is 7.01. The van der Waals surface area contributed by atoms with Crippen LogP contribution in [0.3, 0.4) is 0 Å². The van der Waals surface area contributed by atoms with Gasteiger partial charge in [0.1, 0.15) is 5.75 Å². The van der Waals surface area contributed by atoms with Crippen molar-refractivity contribution in [2.75, 3.05) is 13.7 Å². The van der Waals surface area contributed by atoms with Crippen LogP contribution in [0.4, 0.5) is 0 Å². The van der Waals surface area contributed by atoms with Crippen LogP contribution in [-0.4, -0.2) is 31.5 Å². The Morgan fingerprint density at radius 3 is 2.44 bits per heavy atom. The molecule has 2 N–H and O–H groups in total. The van der Waals surface area contributed by atoms with Crippen LogP contribution in [0.15, 0.2) is 54.6 Å². The maximum absolute atomic E-state index is 12.5. The lowest BCUT2D eigenvalue weighted by Gasteiger charge is -2.16. The highest BCUT2D eigenvalue weighted by atomic mass is 16.5. The molecule has 25 heavy (non-hydrogen) atoms. The quantitative estimate of drug-likeness (QED) is 0.776. The zero-order valence-corrected chi connectivity index (χ0v) is 14.6. The first-order chi connectivity index (χ1) is 12.1. The van der Waals surface area contributed by atoms with Crippen molar-refractivity contribution in [1.82, 2.24) is 10.6 Å². The molecule has 0 spiro atoms. The second-order valence-corrected chi connectivity index (χ2v) is 5.86. The normalized spacial score (nSPS) is 11.4. The number of rotatable bonds is 8. The molecule has 0 saturated carbocycles. The van der Waals surface area contributed by atoms with Crippen LogP contribution >= 0.6 is 0 Å². The van der Waals surface area contributed by atoms with E-state index in [-0.39, 0.29) is 24.5 Å². The molecule has 0 radical (unpaired) electrons. The monoisotopic (exact) mass is 340 g/mol. The standard InChI is InChI=1S/C20H24N2O3/c1-15(12-13-16-8-4-3-5-9-16)22-20(24)17-10-6-7-11-18(17)25-14-19(23)21-2/h3-11,15H,12-14H2,1-2H3,(H,21,23)(H,22,24)/t15-/m1/s1. The number of carbonyl (C=O) groups excluding carboxylic acids is 2. The molecule has 0 fully saturated rings. The Labute approximate surface area is 148 Å². The van der Waals surface area contributed by atoms with E-state index in [1.807, 2.05) is 25.1 Å². The molecule has 0 saturated heterocycles. The summed E-state index contributed by atoms with van der Waals surface area (Å²) in [5, 5.41) is 5.47. The van der Waals surface area contributed by atoms with E-state index in [2.05, 4.69) is 22.8 Å². The Hall–Kier alpha value is -2.82. The zero-order valence-electron chi connectivity index (χ0n) is 14.6. The first-order valence-electron chi connectivity index (χ1n) is 8.37. The molecule has 5 heteroatoms. The molecular formula is C20H24N2O3. The van der Waals surface area contributed by atoms with E-state index < -0.39 is 0 Å². The maximum atomic E-state index is 12.5. The van der Waals surface area contributed by atoms with Gasteiger partial charge in [-0.3, -0.25) is 9.59 Å². The minimum Gasteiger partial charge on any atom is -0.483 e. The largest absolute Gasteiger partial charge is 0.483 e. The highest BCUT2D eigenvalue weighted by molar-refractivity contribution is 5.97. The molecule has 0 heterocycles. The van der Waals surface area contributed by atoms with Gasteiger partial charge in [0.2, 0.25) is 0 Å². The van der Waals surface area contributed by atoms with Gasteiger partial charge in [0, 0.05) is 13.1 Å². The maximum Gasteiger partial charge on any atom is 0.257 e. The van der Waals surface area contributed by atoms with Crippen molar-refractivity contribution in [2.24, 2.45) is 0 Å². The van der Waals surface area contributed by atoms with E-state index in [4.69, 9.17) is 4.74 Å². The van der Waals surface area contributed by atoms with Crippen molar-refractivity contribution in [3.8, 4) is 5.75 Å². The van der Waals surface area contributed by atoms with Crippen LogP contribution in [0.2, 0.25) is 0 Å². The number of carbonyl (C=O) groups is 2. The Morgan fingerprint density at radius 2 is 1.72 bits per heavy atom. The summed E-state index contributed by atoms with van der Waals surface area (Å²) in [5.74, 6) is -0.0432. The highest BCUT2D eigenvalue weighted by Gasteiger charge is 2.15. The van der Waals surface area contributed by atoms with Gasteiger partial charge in [-0.05, 0) is 37.5 Å². The number of hydrogen-bond donors (Lipinski definition) is 2. The zero-order chi connectivity index (χ0) is 18.1. The third-order valence-electron chi connectivity index (χ3n) is 3.86. The summed E-state index contributed by atoms with van der Waals surface area (Å²) >= 11 is 0. The number of likely N-dealkylation sites (N-methyl/N-ethyl adjacent to an activating group) is 1. The van der Waals surface area contributed by atoms with Crippen LogP contribution in [0.25, 0.3) is 0 Å². The fourth-order valence-electron chi connectivity index (χ4n) is 2.40. The number of nitrogens with one attached hydrogen (secondary N) is 2.